The zero-order chi connectivity index (χ0) is 18.7. The molecule has 0 amide bonds. The van der Waals surface area contributed by atoms with Crippen molar-refractivity contribution in [1.82, 2.24) is 4.90 Å². The van der Waals surface area contributed by atoms with Crippen LogP contribution in [0.4, 0.5) is 14.5 Å². The fourth-order valence-electron chi connectivity index (χ4n) is 4.06. The first-order valence-corrected chi connectivity index (χ1v) is 9.39. The second-order valence-corrected chi connectivity index (χ2v) is 8.81. The Bertz CT molecular complexity index is 665. The Hall–Kier alpha value is -1.18. The maximum absolute atomic E-state index is 13.6. The summed E-state index contributed by atoms with van der Waals surface area (Å²) in [6.45, 7) is 10.2. The van der Waals surface area contributed by atoms with Gasteiger partial charge in [-0.3, -0.25) is 4.90 Å². The minimum atomic E-state index is -2.54. The molecule has 142 valence electrons. The highest BCUT2D eigenvalue weighted by Crippen LogP contribution is 2.37. The van der Waals surface area contributed by atoms with Gasteiger partial charge >= 0.3 is 7.12 Å². The minimum Gasteiger partial charge on any atom is -0.399 e. The van der Waals surface area contributed by atoms with Gasteiger partial charge in [-0.05, 0) is 45.3 Å². The maximum Gasteiger partial charge on any atom is 0.494 e. The highest BCUT2D eigenvalue weighted by Gasteiger charge is 2.51. The molecule has 3 heterocycles. The monoisotopic (exact) mass is 364 g/mol. The molecule has 3 fully saturated rings. The molecule has 4 nitrogen and oxygen atoms in total. The van der Waals surface area contributed by atoms with Crippen LogP contribution in [0.2, 0.25) is 0 Å². The number of alkyl halides is 2. The molecule has 3 aliphatic rings. The van der Waals surface area contributed by atoms with Crippen LogP contribution in [0.15, 0.2) is 24.3 Å². The van der Waals surface area contributed by atoms with Gasteiger partial charge in [-0.1, -0.05) is 12.1 Å². The molecule has 1 aromatic rings. The topological polar surface area (TPSA) is 24.9 Å². The van der Waals surface area contributed by atoms with Gasteiger partial charge in [0.15, 0.2) is 0 Å². The summed E-state index contributed by atoms with van der Waals surface area (Å²) in [6, 6.07) is 8.08. The quantitative estimate of drug-likeness (QED) is 0.753. The normalized spacial score (nSPS) is 29.8. The number of rotatable bonds is 2. The Labute approximate surface area is 154 Å². The number of nitrogens with zero attached hydrogens (tertiary/aromatic N) is 2. The molecule has 3 saturated heterocycles. The molecule has 0 unspecified atom stereocenters. The summed E-state index contributed by atoms with van der Waals surface area (Å²) in [6.07, 6.45) is -0.0322. The van der Waals surface area contributed by atoms with E-state index in [0.717, 1.165) is 17.7 Å². The zero-order valence-electron chi connectivity index (χ0n) is 16.0. The average molecular weight is 364 g/mol. The maximum atomic E-state index is 13.6. The van der Waals surface area contributed by atoms with Crippen molar-refractivity contribution >= 4 is 18.3 Å². The molecule has 4 rings (SSSR count). The van der Waals surface area contributed by atoms with Crippen molar-refractivity contribution in [2.24, 2.45) is 0 Å². The molecular formula is C19H27BF2N2O2. The SMILES string of the molecule is CC1(C)OB(c2ccc(N3CCN4CC(F)(F)C[C@H]4C3)cc2)OC1(C)C. The Balaban J connectivity index is 1.44. The van der Waals surface area contributed by atoms with Crippen LogP contribution in [0.25, 0.3) is 0 Å². The van der Waals surface area contributed by atoms with Crippen LogP contribution in [0.1, 0.15) is 34.1 Å². The van der Waals surface area contributed by atoms with Crippen LogP contribution < -0.4 is 10.4 Å². The highest BCUT2D eigenvalue weighted by molar-refractivity contribution is 6.62. The van der Waals surface area contributed by atoms with E-state index in [0.29, 0.717) is 13.1 Å². The summed E-state index contributed by atoms with van der Waals surface area (Å²) < 4.78 is 39.5. The van der Waals surface area contributed by atoms with E-state index in [1.165, 1.54) is 0 Å². The minimum absolute atomic E-state index is 0.0322. The molecule has 26 heavy (non-hydrogen) atoms. The summed E-state index contributed by atoms with van der Waals surface area (Å²) in [7, 11) is -0.376. The molecule has 1 atom stereocenters. The summed E-state index contributed by atoms with van der Waals surface area (Å²) in [5.74, 6) is -2.54. The molecule has 0 saturated carbocycles. The zero-order valence-corrected chi connectivity index (χ0v) is 16.0. The second kappa shape index (κ2) is 5.91. The van der Waals surface area contributed by atoms with Crippen molar-refractivity contribution in [3.8, 4) is 0 Å². The molecule has 0 N–H and O–H groups in total. The Kier molecular flexibility index (Phi) is 4.14. The lowest BCUT2D eigenvalue weighted by Crippen LogP contribution is -2.50. The first-order valence-electron chi connectivity index (χ1n) is 9.39. The van der Waals surface area contributed by atoms with E-state index in [1.807, 2.05) is 56.9 Å². The van der Waals surface area contributed by atoms with E-state index in [4.69, 9.17) is 9.31 Å². The highest BCUT2D eigenvalue weighted by atomic mass is 19.3. The van der Waals surface area contributed by atoms with E-state index >= 15 is 0 Å². The number of benzene rings is 1. The Morgan fingerprint density at radius 1 is 1.00 bits per heavy atom. The fraction of sp³-hybridized carbons (Fsp3) is 0.684. The molecule has 3 aliphatic heterocycles. The predicted molar refractivity (Wildman–Crippen MR) is 99.3 cm³/mol. The summed E-state index contributed by atoms with van der Waals surface area (Å²) in [4.78, 5) is 4.13. The number of anilines is 1. The molecule has 7 heteroatoms. The molecule has 0 aromatic heterocycles. The fourth-order valence-corrected chi connectivity index (χ4v) is 4.06. The molecule has 0 radical (unpaired) electrons. The third kappa shape index (κ3) is 3.14. The molecular weight excluding hydrogens is 337 g/mol. The van der Waals surface area contributed by atoms with Crippen LogP contribution in [0.5, 0.6) is 0 Å². The van der Waals surface area contributed by atoms with Crippen molar-refractivity contribution in [1.29, 1.82) is 0 Å². The van der Waals surface area contributed by atoms with Gasteiger partial charge < -0.3 is 14.2 Å². The number of hydrogen-bond donors (Lipinski definition) is 0. The van der Waals surface area contributed by atoms with Gasteiger partial charge in [-0.25, -0.2) is 8.78 Å². The van der Waals surface area contributed by atoms with Crippen molar-refractivity contribution in [3.05, 3.63) is 24.3 Å². The van der Waals surface area contributed by atoms with E-state index in [9.17, 15) is 8.78 Å². The number of fused-ring (bicyclic) bond motifs is 1. The van der Waals surface area contributed by atoms with Gasteiger partial charge in [0.25, 0.3) is 5.92 Å². The van der Waals surface area contributed by atoms with Gasteiger partial charge in [-0.15, -0.1) is 0 Å². The van der Waals surface area contributed by atoms with E-state index in [1.54, 1.807) is 0 Å². The Morgan fingerprint density at radius 2 is 1.62 bits per heavy atom. The van der Waals surface area contributed by atoms with Crippen LogP contribution in [0.3, 0.4) is 0 Å². The molecule has 0 spiro atoms. The van der Waals surface area contributed by atoms with Gasteiger partial charge in [0.05, 0.1) is 17.7 Å². The Morgan fingerprint density at radius 3 is 2.23 bits per heavy atom. The summed E-state index contributed by atoms with van der Waals surface area (Å²) in [5.41, 5.74) is 1.33. The standard InChI is InChI=1S/C19H27BF2N2O2/c1-17(2)18(3,4)26-20(25-17)14-5-7-15(8-6-14)23-9-10-24-13-19(21,22)11-16(24)12-23/h5-8,16H,9-13H2,1-4H3/t16-/m0/s1. The molecule has 0 bridgehead atoms. The summed E-state index contributed by atoms with van der Waals surface area (Å²) >= 11 is 0. The van der Waals surface area contributed by atoms with Gasteiger partial charge in [0, 0.05) is 37.8 Å². The average Bonchev–Trinajstić information content (AvgIpc) is 2.97. The third-order valence-corrected chi connectivity index (χ3v) is 6.36. The lowest BCUT2D eigenvalue weighted by molar-refractivity contribution is 0.00578. The predicted octanol–water partition coefficient (Wildman–Crippen LogP) is 2.52. The summed E-state index contributed by atoms with van der Waals surface area (Å²) in [5, 5.41) is 0. The van der Waals surface area contributed by atoms with Crippen LogP contribution in [-0.2, 0) is 9.31 Å². The van der Waals surface area contributed by atoms with Gasteiger partial charge in [0.2, 0.25) is 0 Å². The molecule has 1 aromatic carbocycles. The van der Waals surface area contributed by atoms with Crippen molar-refractivity contribution in [3.63, 3.8) is 0 Å². The third-order valence-electron chi connectivity index (χ3n) is 6.36. The van der Waals surface area contributed by atoms with Gasteiger partial charge in [0.1, 0.15) is 0 Å². The first kappa shape index (κ1) is 18.2. The number of piperazine rings is 1. The largest absolute Gasteiger partial charge is 0.494 e. The van der Waals surface area contributed by atoms with Crippen molar-refractivity contribution in [2.45, 2.75) is 57.3 Å². The van der Waals surface area contributed by atoms with E-state index in [-0.39, 0.29) is 37.3 Å². The van der Waals surface area contributed by atoms with Crippen molar-refractivity contribution in [2.75, 3.05) is 31.1 Å². The van der Waals surface area contributed by atoms with Gasteiger partial charge in [-0.2, -0.15) is 0 Å². The molecule has 0 aliphatic carbocycles. The van der Waals surface area contributed by atoms with Crippen molar-refractivity contribution < 1.29 is 18.1 Å². The number of hydrogen-bond acceptors (Lipinski definition) is 4. The van der Waals surface area contributed by atoms with Crippen LogP contribution in [-0.4, -0.2) is 61.4 Å². The van der Waals surface area contributed by atoms with Crippen LogP contribution in [0, 0.1) is 0 Å². The van der Waals surface area contributed by atoms with E-state index in [2.05, 4.69) is 4.90 Å². The van der Waals surface area contributed by atoms with Crippen LogP contribution >= 0.6 is 0 Å². The lowest BCUT2D eigenvalue weighted by atomic mass is 9.79. The first-order chi connectivity index (χ1) is 12.1. The number of halogens is 2. The van der Waals surface area contributed by atoms with E-state index < -0.39 is 5.92 Å². The smallest absolute Gasteiger partial charge is 0.399 e. The second-order valence-electron chi connectivity index (χ2n) is 8.81. The lowest BCUT2D eigenvalue weighted by Gasteiger charge is -2.38.